The fourth-order valence-corrected chi connectivity index (χ4v) is 2.91. The van der Waals surface area contributed by atoms with Crippen molar-refractivity contribution in [3.8, 4) is 0 Å². The predicted molar refractivity (Wildman–Crippen MR) is 73.7 cm³/mol. The molecule has 4 heteroatoms. The van der Waals surface area contributed by atoms with Gasteiger partial charge in [-0.15, -0.1) is 0 Å². The van der Waals surface area contributed by atoms with Crippen molar-refractivity contribution in [2.45, 2.75) is 65.1 Å². The molecule has 18 heavy (non-hydrogen) atoms. The summed E-state index contributed by atoms with van der Waals surface area (Å²) in [6.45, 7) is 11.8. The summed E-state index contributed by atoms with van der Waals surface area (Å²) in [4.78, 5) is 13.8. The lowest BCUT2D eigenvalue weighted by atomic mass is 9.91. The molecule has 0 radical (unpaired) electrons. The standard InChI is InChI=1S/C14H28N2O2/c1-10(2)15-14(5,13(17)18)9-16-7-6-11(3)8-12(16)4/h10-12,15H,6-9H2,1-5H3,(H,17,18). The van der Waals surface area contributed by atoms with Gasteiger partial charge in [0.1, 0.15) is 5.54 Å². The van der Waals surface area contributed by atoms with Gasteiger partial charge in [-0.3, -0.25) is 15.0 Å². The van der Waals surface area contributed by atoms with Crippen LogP contribution in [0.1, 0.15) is 47.5 Å². The van der Waals surface area contributed by atoms with Crippen LogP contribution in [0.2, 0.25) is 0 Å². The molecule has 106 valence electrons. The third-order valence-electron chi connectivity index (χ3n) is 3.87. The molecule has 1 saturated heterocycles. The fraction of sp³-hybridized carbons (Fsp3) is 0.929. The highest BCUT2D eigenvalue weighted by molar-refractivity contribution is 5.78. The molecule has 1 rings (SSSR count). The largest absolute Gasteiger partial charge is 0.480 e. The number of carboxylic acid groups (broad SMARTS) is 1. The first-order valence-electron chi connectivity index (χ1n) is 6.99. The highest BCUT2D eigenvalue weighted by atomic mass is 16.4. The van der Waals surface area contributed by atoms with Crippen LogP contribution in [0, 0.1) is 5.92 Å². The minimum atomic E-state index is -0.858. The number of carboxylic acids is 1. The molecule has 1 heterocycles. The average Bonchev–Trinajstić information content (AvgIpc) is 2.21. The molecule has 0 amide bonds. The van der Waals surface area contributed by atoms with E-state index in [1.54, 1.807) is 6.92 Å². The Morgan fingerprint density at radius 1 is 1.50 bits per heavy atom. The Hall–Kier alpha value is -0.610. The molecule has 3 unspecified atom stereocenters. The first-order valence-corrected chi connectivity index (χ1v) is 6.99. The van der Waals surface area contributed by atoms with Gasteiger partial charge in [-0.25, -0.2) is 0 Å². The summed E-state index contributed by atoms with van der Waals surface area (Å²) in [6, 6.07) is 0.645. The van der Waals surface area contributed by atoms with E-state index in [1.165, 1.54) is 6.42 Å². The molecule has 0 spiro atoms. The third kappa shape index (κ3) is 3.95. The lowest BCUT2D eigenvalue weighted by molar-refractivity contribution is -0.145. The van der Waals surface area contributed by atoms with Gasteiger partial charge in [0.15, 0.2) is 0 Å². The van der Waals surface area contributed by atoms with E-state index < -0.39 is 11.5 Å². The number of rotatable bonds is 5. The van der Waals surface area contributed by atoms with E-state index in [1.807, 2.05) is 13.8 Å². The topological polar surface area (TPSA) is 52.6 Å². The minimum Gasteiger partial charge on any atom is -0.480 e. The average molecular weight is 256 g/mol. The van der Waals surface area contributed by atoms with Gasteiger partial charge in [0.05, 0.1) is 0 Å². The minimum absolute atomic E-state index is 0.171. The van der Waals surface area contributed by atoms with Gasteiger partial charge in [0.2, 0.25) is 0 Å². The van der Waals surface area contributed by atoms with E-state index in [-0.39, 0.29) is 6.04 Å². The molecule has 0 aliphatic carbocycles. The van der Waals surface area contributed by atoms with Crippen molar-refractivity contribution < 1.29 is 9.90 Å². The van der Waals surface area contributed by atoms with Crippen LogP contribution in [-0.4, -0.2) is 46.7 Å². The quantitative estimate of drug-likeness (QED) is 0.789. The zero-order chi connectivity index (χ0) is 13.9. The van der Waals surface area contributed by atoms with Crippen molar-refractivity contribution in [2.75, 3.05) is 13.1 Å². The molecule has 3 atom stereocenters. The lowest BCUT2D eigenvalue weighted by Crippen LogP contribution is -2.60. The van der Waals surface area contributed by atoms with Crippen LogP contribution in [-0.2, 0) is 4.79 Å². The second-order valence-electron chi connectivity index (χ2n) is 6.39. The first kappa shape index (κ1) is 15.4. The molecule has 1 fully saturated rings. The van der Waals surface area contributed by atoms with E-state index in [0.717, 1.165) is 18.9 Å². The summed E-state index contributed by atoms with van der Waals surface area (Å²) in [6.07, 6.45) is 2.33. The number of hydrogen-bond acceptors (Lipinski definition) is 3. The maximum atomic E-state index is 11.5. The van der Waals surface area contributed by atoms with Gasteiger partial charge in [0.25, 0.3) is 0 Å². The van der Waals surface area contributed by atoms with Crippen molar-refractivity contribution in [3.63, 3.8) is 0 Å². The van der Waals surface area contributed by atoms with Gasteiger partial charge in [-0.1, -0.05) is 6.92 Å². The zero-order valence-electron chi connectivity index (χ0n) is 12.4. The monoisotopic (exact) mass is 256 g/mol. The molecular weight excluding hydrogens is 228 g/mol. The van der Waals surface area contributed by atoms with Crippen LogP contribution in [0.5, 0.6) is 0 Å². The van der Waals surface area contributed by atoms with E-state index in [0.29, 0.717) is 12.6 Å². The molecule has 0 saturated carbocycles. The maximum Gasteiger partial charge on any atom is 0.324 e. The molecule has 0 aromatic carbocycles. The van der Waals surface area contributed by atoms with Crippen molar-refractivity contribution in [2.24, 2.45) is 5.92 Å². The molecule has 0 aromatic rings. The highest BCUT2D eigenvalue weighted by Gasteiger charge is 2.37. The SMILES string of the molecule is CC1CCN(CC(C)(NC(C)C)C(=O)O)C(C)C1. The Morgan fingerprint density at radius 2 is 2.11 bits per heavy atom. The van der Waals surface area contributed by atoms with Crippen molar-refractivity contribution in [1.82, 2.24) is 10.2 Å². The summed E-state index contributed by atoms with van der Waals surface area (Å²) in [5.74, 6) is -0.00702. The van der Waals surface area contributed by atoms with Crippen LogP contribution in [0.25, 0.3) is 0 Å². The first-order chi connectivity index (χ1) is 8.24. The van der Waals surface area contributed by atoms with Gasteiger partial charge >= 0.3 is 5.97 Å². The van der Waals surface area contributed by atoms with Gasteiger partial charge in [-0.2, -0.15) is 0 Å². The van der Waals surface area contributed by atoms with E-state index in [4.69, 9.17) is 0 Å². The van der Waals surface area contributed by atoms with Crippen molar-refractivity contribution in [1.29, 1.82) is 0 Å². The highest BCUT2D eigenvalue weighted by Crippen LogP contribution is 2.24. The number of aliphatic carboxylic acids is 1. The normalized spacial score (nSPS) is 29.2. The van der Waals surface area contributed by atoms with E-state index >= 15 is 0 Å². The fourth-order valence-electron chi connectivity index (χ4n) is 2.91. The number of likely N-dealkylation sites (tertiary alicyclic amines) is 1. The third-order valence-corrected chi connectivity index (χ3v) is 3.87. The van der Waals surface area contributed by atoms with Crippen LogP contribution in [0.4, 0.5) is 0 Å². The van der Waals surface area contributed by atoms with Crippen LogP contribution in [0.3, 0.4) is 0 Å². The number of nitrogens with one attached hydrogen (secondary N) is 1. The smallest absolute Gasteiger partial charge is 0.324 e. The Balaban J connectivity index is 2.69. The Morgan fingerprint density at radius 3 is 2.56 bits per heavy atom. The maximum absolute atomic E-state index is 11.5. The molecule has 4 nitrogen and oxygen atoms in total. The summed E-state index contributed by atoms with van der Waals surface area (Å²) in [7, 11) is 0. The second kappa shape index (κ2) is 6.02. The van der Waals surface area contributed by atoms with Crippen molar-refractivity contribution in [3.05, 3.63) is 0 Å². The second-order valence-corrected chi connectivity index (χ2v) is 6.39. The Kier molecular flexibility index (Phi) is 5.17. The molecule has 2 N–H and O–H groups in total. The summed E-state index contributed by atoms with van der Waals surface area (Å²) in [5, 5.41) is 12.7. The summed E-state index contributed by atoms with van der Waals surface area (Å²) >= 11 is 0. The van der Waals surface area contributed by atoms with Gasteiger partial charge in [-0.05, 0) is 53.0 Å². The number of hydrogen-bond donors (Lipinski definition) is 2. The Labute approximate surface area is 111 Å². The number of carbonyl (C=O) groups is 1. The molecule has 1 aliphatic rings. The zero-order valence-corrected chi connectivity index (χ0v) is 12.4. The molecule has 1 aliphatic heterocycles. The summed E-state index contributed by atoms with van der Waals surface area (Å²) in [5.41, 5.74) is -0.858. The molecular formula is C14H28N2O2. The predicted octanol–water partition coefficient (Wildman–Crippen LogP) is 1.95. The summed E-state index contributed by atoms with van der Waals surface area (Å²) < 4.78 is 0. The van der Waals surface area contributed by atoms with Crippen LogP contribution < -0.4 is 5.32 Å². The van der Waals surface area contributed by atoms with Crippen molar-refractivity contribution >= 4 is 5.97 Å². The Bertz CT molecular complexity index is 294. The van der Waals surface area contributed by atoms with E-state index in [2.05, 4.69) is 24.1 Å². The van der Waals surface area contributed by atoms with Crippen LogP contribution in [0.15, 0.2) is 0 Å². The van der Waals surface area contributed by atoms with Gasteiger partial charge < -0.3 is 5.11 Å². The lowest BCUT2D eigenvalue weighted by Gasteiger charge is -2.41. The number of nitrogens with zero attached hydrogens (tertiary/aromatic N) is 1. The number of piperidine rings is 1. The van der Waals surface area contributed by atoms with Crippen LogP contribution >= 0.6 is 0 Å². The van der Waals surface area contributed by atoms with E-state index in [9.17, 15) is 9.90 Å². The van der Waals surface area contributed by atoms with Gasteiger partial charge in [0, 0.05) is 18.6 Å². The molecule has 0 aromatic heterocycles. The molecule has 0 bridgehead atoms.